The summed E-state index contributed by atoms with van der Waals surface area (Å²) in [6, 6.07) is 3.46. The number of rotatable bonds is 5. The smallest absolute Gasteiger partial charge is 0.249 e. The Labute approximate surface area is 115 Å². The lowest BCUT2D eigenvalue weighted by Gasteiger charge is -2.12. The summed E-state index contributed by atoms with van der Waals surface area (Å²) in [5, 5.41) is 13.3. The molecule has 7 heteroatoms. The van der Waals surface area contributed by atoms with Gasteiger partial charge in [0, 0.05) is 12.1 Å². The lowest BCUT2D eigenvalue weighted by Crippen LogP contribution is -2.15. The van der Waals surface area contributed by atoms with Crippen LogP contribution in [0.2, 0.25) is 0 Å². The van der Waals surface area contributed by atoms with E-state index in [1.807, 2.05) is 13.8 Å². The maximum absolute atomic E-state index is 13.5. The molecule has 0 fully saturated rings. The molecule has 1 aromatic carbocycles. The molecule has 1 aromatic heterocycles. The molecular weight excluding hydrogens is 264 g/mol. The minimum absolute atomic E-state index is 0.0916. The maximum atomic E-state index is 13.5. The van der Waals surface area contributed by atoms with Crippen molar-refractivity contribution in [1.82, 2.24) is 15.2 Å². The molecule has 0 aliphatic rings. The monoisotopic (exact) mass is 279 g/mol. The summed E-state index contributed by atoms with van der Waals surface area (Å²) in [6.07, 6.45) is 2.41. The van der Waals surface area contributed by atoms with Gasteiger partial charge in [0.2, 0.25) is 5.95 Å². The van der Waals surface area contributed by atoms with E-state index in [-0.39, 0.29) is 17.7 Å². The lowest BCUT2D eigenvalue weighted by atomic mass is 10.3. The predicted octanol–water partition coefficient (Wildman–Crippen LogP) is 3.10. The van der Waals surface area contributed by atoms with Gasteiger partial charge in [0.1, 0.15) is 11.6 Å². The van der Waals surface area contributed by atoms with Gasteiger partial charge in [-0.2, -0.15) is 10.1 Å². The summed E-state index contributed by atoms with van der Waals surface area (Å²) in [5.41, 5.74) is 0.0916. The van der Waals surface area contributed by atoms with E-state index in [1.54, 1.807) is 0 Å². The number of halogens is 2. The first-order valence-electron chi connectivity index (χ1n) is 6.27. The van der Waals surface area contributed by atoms with Crippen molar-refractivity contribution < 1.29 is 8.78 Å². The van der Waals surface area contributed by atoms with E-state index in [2.05, 4.69) is 25.8 Å². The number of nitrogens with zero attached hydrogens (tertiary/aromatic N) is 3. The first-order valence-corrected chi connectivity index (χ1v) is 6.27. The Kier molecular flexibility index (Phi) is 4.39. The molecule has 0 amide bonds. The molecule has 0 saturated heterocycles. The standard InChI is InChI=1S/C13H15F2N5/c1-3-8(2)17-12-7-16-20-13(19-12)18-11-5-4-9(14)6-10(11)15/h4-8H,3H2,1-2H3,(H2,17,18,19,20). The fourth-order valence-corrected chi connectivity index (χ4v) is 1.49. The van der Waals surface area contributed by atoms with Crippen molar-refractivity contribution >= 4 is 17.5 Å². The van der Waals surface area contributed by atoms with Crippen LogP contribution in [0.4, 0.5) is 26.2 Å². The van der Waals surface area contributed by atoms with Crippen molar-refractivity contribution in [3.05, 3.63) is 36.0 Å². The van der Waals surface area contributed by atoms with Crippen LogP contribution in [0, 0.1) is 11.6 Å². The molecule has 2 rings (SSSR count). The van der Waals surface area contributed by atoms with Crippen molar-refractivity contribution in [3.8, 4) is 0 Å². The highest BCUT2D eigenvalue weighted by atomic mass is 19.1. The summed E-state index contributed by atoms with van der Waals surface area (Å²) in [6.45, 7) is 4.05. The molecule has 106 valence electrons. The molecule has 0 radical (unpaired) electrons. The second-order valence-electron chi connectivity index (χ2n) is 4.37. The molecule has 20 heavy (non-hydrogen) atoms. The van der Waals surface area contributed by atoms with Crippen LogP contribution in [0.1, 0.15) is 20.3 Å². The molecular formula is C13H15F2N5. The van der Waals surface area contributed by atoms with Crippen LogP contribution >= 0.6 is 0 Å². The molecule has 5 nitrogen and oxygen atoms in total. The predicted molar refractivity (Wildman–Crippen MR) is 72.8 cm³/mol. The van der Waals surface area contributed by atoms with Crippen molar-refractivity contribution in [3.63, 3.8) is 0 Å². The van der Waals surface area contributed by atoms with Gasteiger partial charge < -0.3 is 10.6 Å². The average Bonchev–Trinajstić information content (AvgIpc) is 2.42. The molecule has 2 aromatic rings. The molecule has 1 heterocycles. The first kappa shape index (κ1) is 14.1. The molecule has 0 aliphatic carbocycles. The number of nitrogens with one attached hydrogen (secondary N) is 2. The van der Waals surface area contributed by atoms with E-state index < -0.39 is 11.6 Å². The number of benzene rings is 1. The Hall–Kier alpha value is -2.31. The molecule has 0 saturated carbocycles. The van der Waals surface area contributed by atoms with Gasteiger partial charge in [-0.1, -0.05) is 6.92 Å². The Morgan fingerprint density at radius 1 is 1.30 bits per heavy atom. The quantitative estimate of drug-likeness (QED) is 0.880. The van der Waals surface area contributed by atoms with Crippen LogP contribution in [0.15, 0.2) is 24.4 Å². The summed E-state index contributed by atoms with van der Waals surface area (Å²) in [5.74, 6) is -0.670. The zero-order chi connectivity index (χ0) is 14.5. The zero-order valence-electron chi connectivity index (χ0n) is 11.2. The van der Waals surface area contributed by atoms with E-state index in [4.69, 9.17) is 0 Å². The number of anilines is 3. The summed E-state index contributed by atoms with van der Waals surface area (Å²) in [7, 11) is 0. The maximum Gasteiger partial charge on any atom is 0.249 e. The minimum Gasteiger partial charge on any atom is -0.366 e. The average molecular weight is 279 g/mol. The Bertz CT molecular complexity index is 591. The SMILES string of the molecule is CCC(C)Nc1cnnc(Nc2ccc(F)cc2F)n1. The largest absolute Gasteiger partial charge is 0.366 e. The van der Waals surface area contributed by atoms with Crippen molar-refractivity contribution in [2.75, 3.05) is 10.6 Å². The lowest BCUT2D eigenvalue weighted by molar-refractivity contribution is 0.586. The molecule has 2 N–H and O–H groups in total. The number of hydrogen-bond donors (Lipinski definition) is 2. The normalized spacial score (nSPS) is 12.0. The number of hydrogen-bond acceptors (Lipinski definition) is 5. The summed E-state index contributed by atoms with van der Waals surface area (Å²) in [4.78, 5) is 4.16. The van der Waals surface area contributed by atoms with Gasteiger partial charge in [0.05, 0.1) is 11.9 Å². The second-order valence-corrected chi connectivity index (χ2v) is 4.37. The third kappa shape index (κ3) is 3.59. The Balaban J connectivity index is 2.15. The van der Waals surface area contributed by atoms with Crippen LogP contribution in [0.5, 0.6) is 0 Å². The van der Waals surface area contributed by atoms with Gasteiger partial charge in [-0.25, -0.2) is 8.78 Å². The van der Waals surface area contributed by atoms with Crippen LogP contribution in [-0.4, -0.2) is 21.2 Å². The highest BCUT2D eigenvalue weighted by Crippen LogP contribution is 2.18. The first-order chi connectivity index (χ1) is 9.58. The van der Waals surface area contributed by atoms with Crippen molar-refractivity contribution in [2.24, 2.45) is 0 Å². The van der Waals surface area contributed by atoms with Gasteiger partial charge in [-0.05, 0) is 25.5 Å². The van der Waals surface area contributed by atoms with E-state index in [1.165, 1.54) is 12.3 Å². The molecule has 1 unspecified atom stereocenters. The summed E-state index contributed by atoms with van der Waals surface area (Å²) >= 11 is 0. The van der Waals surface area contributed by atoms with Crippen molar-refractivity contribution in [2.45, 2.75) is 26.3 Å². The van der Waals surface area contributed by atoms with Gasteiger partial charge in [-0.15, -0.1) is 5.10 Å². The Morgan fingerprint density at radius 3 is 2.80 bits per heavy atom. The topological polar surface area (TPSA) is 62.7 Å². The molecule has 0 bridgehead atoms. The van der Waals surface area contributed by atoms with Gasteiger partial charge in [0.25, 0.3) is 0 Å². The van der Waals surface area contributed by atoms with Gasteiger partial charge in [-0.3, -0.25) is 0 Å². The fraction of sp³-hybridized carbons (Fsp3) is 0.308. The third-order valence-corrected chi connectivity index (χ3v) is 2.74. The highest BCUT2D eigenvalue weighted by molar-refractivity contribution is 5.54. The van der Waals surface area contributed by atoms with E-state index >= 15 is 0 Å². The van der Waals surface area contributed by atoms with Crippen LogP contribution in [0.3, 0.4) is 0 Å². The minimum atomic E-state index is -0.714. The van der Waals surface area contributed by atoms with Crippen LogP contribution in [0.25, 0.3) is 0 Å². The van der Waals surface area contributed by atoms with Crippen LogP contribution in [-0.2, 0) is 0 Å². The van der Waals surface area contributed by atoms with Gasteiger partial charge in [0.15, 0.2) is 5.82 Å². The second kappa shape index (κ2) is 6.23. The Morgan fingerprint density at radius 2 is 2.10 bits per heavy atom. The zero-order valence-corrected chi connectivity index (χ0v) is 11.2. The van der Waals surface area contributed by atoms with E-state index in [0.29, 0.717) is 5.82 Å². The van der Waals surface area contributed by atoms with E-state index in [9.17, 15) is 8.78 Å². The van der Waals surface area contributed by atoms with Crippen molar-refractivity contribution in [1.29, 1.82) is 0 Å². The highest BCUT2D eigenvalue weighted by Gasteiger charge is 2.07. The van der Waals surface area contributed by atoms with Crippen LogP contribution < -0.4 is 10.6 Å². The third-order valence-electron chi connectivity index (χ3n) is 2.74. The molecule has 0 aliphatic heterocycles. The number of aromatic nitrogens is 3. The molecule has 1 atom stereocenters. The van der Waals surface area contributed by atoms with E-state index in [0.717, 1.165) is 18.6 Å². The van der Waals surface area contributed by atoms with Gasteiger partial charge >= 0.3 is 0 Å². The summed E-state index contributed by atoms with van der Waals surface area (Å²) < 4.78 is 26.3. The fourth-order valence-electron chi connectivity index (χ4n) is 1.49. The molecule has 0 spiro atoms.